The third-order valence-corrected chi connectivity index (χ3v) is 2.82. The molecule has 0 heterocycles. The number of hydrogen-bond acceptors (Lipinski definition) is 6. The van der Waals surface area contributed by atoms with Gasteiger partial charge in [0.15, 0.2) is 0 Å². The molecule has 6 heteroatoms. The van der Waals surface area contributed by atoms with Crippen LogP contribution in [-0.4, -0.2) is 37.2 Å². The van der Waals surface area contributed by atoms with Gasteiger partial charge < -0.3 is 14.2 Å². The van der Waals surface area contributed by atoms with Gasteiger partial charge in [0.2, 0.25) is 6.10 Å². The van der Waals surface area contributed by atoms with Gasteiger partial charge in [-0.2, -0.15) is 0 Å². The van der Waals surface area contributed by atoms with Crippen molar-refractivity contribution in [2.24, 2.45) is 0 Å². The minimum atomic E-state index is -1.31. The minimum absolute atomic E-state index is 0.125. The molecule has 0 saturated heterocycles. The molecule has 0 aliphatic carbocycles. The fourth-order valence-corrected chi connectivity index (χ4v) is 1.77. The Balaban J connectivity index is 2.83. The molecule has 0 N–H and O–H groups in total. The van der Waals surface area contributed by atoms with Gasteiger partial charge in [-0.25, -0.2) is 9.59 Å². The lowest BCUT2D eigenvalue weighted by molar-refractivity contribution is -0.160. The summed E-state index contributed by atoms with van der Waals surface area (Å²) in [5.41, 5.74) is 1.05. The molecule has 0 fully saturated rings. The van der Waals surface area contributed by atoms with Gasteiger partial charge in [0.25, 0.3) is 0 Å². The Morgan fingerprint density at radius 3 is 2.27 bits per heavy atom. The van der Waals surface area contributed by atoms with Gasteiger partial charge in [-0.3, -0.25) is 4.79 Å². The Kier molecular flexibility index (Phi) is 7.08. The Morgan fingerprint density at radius 1 is 1.05 bits per heavy atom. The van der Waals surface area contributed by atoms with Gasteiger partial charge in [-0.05, 0) is 32.4 Å². The first kappa shape index (κ1) is 17.7. The van der Waals surface area contributed by atoms with Crippen LogP contribution in [0.25, 0.3) is 0 Å². The van der Waals surface area contributed by atoms with Crippen LogP contribution in [0.1, 0.15) is 36.2 Å². The van der Waals surface area contributed by atoms with Gasteiger partial charge in [0, 0.05) is 0 Å². The molecule has 0 saturated carbocycles. The smallest absolute Gasteiger partial charge is 0.348 e. The summed E-state index contributed by atoms with van der Waals surface area (Å²) in [6.45, 7) is 5.33. The van der Waals surface area contributed by atoms with Crippen LogP contribution in [-0.2, 0) is 23.8 Å². The lowest BCUT2D eigenvalue weighted by Gasteiger charge is -2.16. The van der Waals surface area contributed by atoms with Gasteiger partial charge in [0.05, 0.1) is 25.2 Å². The van der Waals surface area contributed by atoms with Crippen LogP contribution >= 0.6 is 0 Å². The maximum atomic E-state index is 12.1. The standard InChI is InChI=1S/C16H20O6/c1-4-20-14(17)10-13(16(19)21-5-2)22-15(18)12-9-7-6-8-11(12)3/h6-9,13H,4-5,10H2,1-3H3/t13-/m1/s1. The second kappa shape index (κ2) is 8.81. The molecular weight excluding hydrogens is 288 g/mol. The van der Waals surface area contributed by atoms with Gasteiger partial charge in [-0.1, -0.05) is 18.2 Å². The van der Waals surface area contributed by atoms with E-state index in [2.05, 4.69) is 0 Å². The molecule has 0 spiro atoms. The van der Waals surface area contributed by atoms with Crippen molar-refractivity contribution in [2.75, 3.05) is 13.2 Å². The Hall–Kier alpha value is -2.37. The molecule has 6 nitrogen and oxygen atoms in total. The topological polar surface area (TPSA) is 78.9 Å². The number of hydrogen-bond donors (Lipinski definition) is 0. The summed E-state index contributed by atoms with van der Waals surface area (Å²) < 4.78 is 14.7. The maximum absolute atomic E-state index is 12.1. The second-order valence-electron chi connectivity index (χ2n) is 4.47. The summed E-state index contributed by atoms with van der Waals surface area (Å²) in [4.78, 5) is 35.5. The molecular formula is C16H20O6. The highest BCUT2D eigenvalue weighted by Gasteiger charge is 2.28. The second-order valence-corrected chi connectivity index (χ2v) is 4.47. The number of carbonyl (C=O) groups excluding carboxylic acids is 3. The van der Waals surface area contributed by atoms with E-state index in [9.17, 15) is 14.4 Å². The molecule has 1 aromatic carbocycles. The molecule has 0 amide bonds. The number of aryl methyl sites for hydroxylation is 1. The van der Waals surface area contributed by atoms with Crippen molar-refractivity contribution in [1.82, 2.24) is 0 Å². The van der Waals surface area contributed by atoms with E-state index in [-0.39, 0.29) is 19.6 Å². The zero-order valence-electron chi connectivity index (χ0n) is 13.0. The van der Waals surface area contributed by atoms with Crippen molar-refractivity contribution in [3.05, 3.63) is 35.4 Å². The average Bonchev–Trinajstić information content (AvgIpc) is 2.47. The van der Waals surface area contributed by atoms with Crippen molar-refractivity contribution >= 4 is 17.9 Å². The maximum Gasteiger partial charge on any atom is 0.348 e. The Bertz CT molecular complexity index is 537. The summed E-state index contributed by atoms with van der Waals surface area (Å²) in [5.74, 6) is -2.07. The average molecular weight is 308 g/mol. The minimum Gasteiger partial charge on any atom is -0.466 e. The molecule has 120 valence electrons. The van der Waals surface area contributed by atoms with Gasteiger partial charge in [0.1, 0.15) is 0 Å². The quantitative estimate of drug-likeness (QED) is 0.566. The van der Waals surface area contributed by atoms with E-state index in [1.54, 1.807) is 45.0 Å². The first-order valence-electron chi connectivity index (χ1n) is 7.08. The van der Waals surface area contributed by atoms with Crippen LogP contribution in [0.2, 0.25) is 0 Å². The van der Waals surface area contributed by atoms with Crippen molar-refractivity contribution in [3.8, 4) is 0 Å². The zero-order valence-corrected chi connectivity index (χ0v) is 13.0. The zero-order chi connectivity index (χ0) is 16.5. The first-order chi connectivity index (χ1) is 10.5. The van der Waals surface area contributed by atoms with E-state index in [0.29, 0.717) is 11.1 Å². The number of esters is 3. The van der Waals surface area contributed by atoms with E-state index < -0.39 is 24.0 Å². The SMILES string of the molecule is CCOC(=O)C[C@@H](OC(=O)c1ccccc1C)C(=O)OCC. The molecule has 0 aliphatic rings. The number of benzene rings is 1. The van der Waals surface area contributed by atoms with Crippen molar-refractivity contribution in [2.45, 2.75) is 33.3 Å². The normalized spacial score (nSPS) is 11.4. The van der Waals surface area contributed by atoms with E-state index in [1.807, 2.05) is 0 Å². The highest BCUT2D eigenvalue weighted by molar-refractivity contribution is 5.93. The van der Waals surface area contributed by atoms with Crippen molar-refractivity contribution < 1.29 is 28.6 Å². The molecule has 0 radical (unpaired) electrons. The van der Waals surface area contributed by atoms with Crippen LogP contribution in [0.3, 0.4) is 0 Å². The molecule has 0 unspecified atom stereocenters. The van der Waals surface area contributed by atoms with E-state index in [1.165, 1.54) is 0 Å². The molecule has 1 atom stereocenters. The summed E-state index contributed by atoms with van der Waals surface area (Å²) >= 11 is 0. The largest absolute Gasteiger partial charge is 0.466 e. The van der Waals surface area contributed by atoms with Crippen LogP contribution in [0.15, 0.2) is 24.3 Å². The van der Waals surface area contributed by atoms with Gasteiger partial charge in [-0.15, -0.1) is 0 Å². The molecule has 1 aromatic rings. The molecule has 0 aromatic heterocycles. The Morgan fingerprint density at radius 2 is 1.68 bits per heavy atom. The summed E-state index contributed by atoms with van der Waals surface area (Å²) in [6.07, 6.45) is -1.68. The van der Waals surface area contributed by atoms with Crippen LogP contribution in [0.5, 0.6) is 0 Å². The lowest BCUT2D eigenvalue weighted by atomic mass is 10.1. The predicted molar refractivity (Wildman–Crippen MR) is 78.3 cm³/mol. The molecule has 1 rings (SSSR count). The van der Waals surface area contributed by atoms with Crippen LogP contribution < -0.4 is 0 Å². The molecule has 22 heavy (non-hydrogen) atoms. The number of carbonyl (C=O) groups is 3. The monoisotopic (exact) mass is 308 g/mol. The molecule has 0 bridgehead atoms. The molecule has 0 aliphatic heterocycles. The van der Waals surface area contributed by atoms with E-state index >= 15 is 0 Å². The van der Waals surface area contributed by atoms with Crippen molar-refractivity contribution in [3.63, 3.8) is 0 Å². The summed E-state index contributed by atoms with van der Waals surface area (Å²) in [5, 5.41) is 0. The first-order valence-corrected chi connectivity index (χ1v) is 7.08. The van der Waals surface area contributed by atoms with Crippen LogP contribution in [0, 0.1) is 6.92 Å². The lowest BCUT2D eigenvalue weighted by Crippen LogP contribution is -2.32. The predicted octanol–water partition coefficient (Wildman–Crippen LogP) is 2.04. The Labute approximate surface area is 129 Å². The van der Waals surface area contributed by atoms with E-state index in [0.717, 1.165) is 0 Å². The fraction of sp³-hybridized carbons (Fsp3) is 0.438. The van der Waals surface area contributed by atoms with Gasteiger partial charge >= 0.3 is 17.9 Å². The number of rotatable bonds is 7. The number of ether oxygens (including phenoxy) is 3. The summed E-state index contributed by atoms with van der Waals surface area (Å²) in [7, 11) is 0. The highest BCUT2D eigenvalue weighted by atomic mass is 16.6. The third kappa shape index (κ3) is 5.20. The highest BCUT2D eigenvalue weighted by Crippen LogP contribution is 2.12. The third-order valence-electron chi connectivity index (χ3n) is 2.82. The van der Waals surface area contributed by atoms with Crippen molar-refractivity contribution in [1.29, 1.82) is 0 Å². The van der Waals surface area contributed by atoms with Crippen LogP contribution in [0.4, 0.5) is 0 Å². The fourth-order valence-electron chi connectivity index (χ4n) is 1.77. The summed E-state index contributed by atoms with van der Waals surface area (Å²) in [6, 6.07) is 6.81. The van der Waals surface area contributed by atoms with E-state index in [4.69, 9.17) is 14.2 Å².